The second kappa shape index (κ2) is 9.94. The number of alkyl halides is 3. The van der Waals surface area contributed by atoms with Crippen LogP contribution < -0.4 is 4.90 Å². The van der Waals surface area contributed by atoms with Crippen LogP contribution >= 0.6 is 23.2 Å². The molecule has 7 nitrogen and oxygen atoms in total. The summed E-state index contributed by atoms with van der Waals surface area (Å²) in [5.74, 6) is -0.196. The van der Waals surface area contributed by atoms with Gasteiger partial charge in [0.25, 0.3) is 5.91 Å². The molecule has 3 aromatic rings. The van der Waals surface area contributed by atoms with E-state index < -0.39 is 11.7 Å². The van der Waals surface area contributed by atoms with Crippen LogP contribution in [0.5, 0.6) is 0 Å². The van der Waals surface area contributed by atoms with Crippen LogP contribution in [0.25, 0.3) is 0 Å². The minimum Gasteiger partial charge on any atom is -0.344 e. The van der Waals surface area contributed by atoms with E-state index in [0.29, 0.717) is 40.9 Å². The quantitative estimate of drug-likeness (QED) is 0.472. The normalized spacial score (nSPS) is 18.1. The highest BCUT2D eigenvalue weighted by molar-refractivity contribution is 6.42. The number of anilines is 1. The average Bonchev–Trinajstić information content (AvgIpc) is 3.23. The molecule has 35 heavy (non-hydrogen) atoms. The zero-order chi connectivity index (χ0) is 25.3. The monoisotopic (exact) mass is 524 g/mol. The Hall–Kier alpha value is -2.98. The number of hydrogen-bond acceptors (Lipinski definition) is 6. The molecule has 0 bridgehead atoms. The third kappa shape index (κ3) is 5.65. The molecule has 2 atom stereocenters. The van der Waals surface area contributed by atoms with Gasteiger partial charge in [-0.3, -0.25) is 4.79 Å². The predicted molar refractivity (Wildman–Crippen MR) is 126 cm³/mol. The van der Waals surface area contributed by atoms with E-state index in [1.54, 1.807) is 42.0 Å². The molecule has 184 valence electrons. The van der Waals surface area contributed by atoms with Gasteiger partial charge in [0.05, 0.1) is 33.1 Å². The lowest BCUT2D eigenvalue weighted by atomic mass is 9.88. The Morgan fingerprint density at radius 1 is 1.11 bits per heavy atom. The number of halogens is 5. The topological polar surface area (TPSA) is 75.1 Å². The van der Waals surface area contributed by atoms with Crippen molar-refractivity contribution in [2.24, 2.45) is 5.92 Å². The molecule has 4 rings (SSSR count). The number of aryl methyl sites for hydroxylation is 1. The van der Waals surface area contributed by atoms with Gasteiger partial charge in [-0.15, -0.1) is 0 Å². The highest BCUT2D eigenvalue weighted by atomic mass is 35.5. The Kier molecular flexibility index (Phi) is 7.14. The first-order chi connectivity index (χ1) is 16.5. The smallest absolute Gasteiger partial charge is 0.344 e. The molecule has 2 aromatic heterocycles. The molecule has 1 aliphatic rings. The van der Waals surface area contributed by atoms with Gasteiger partial charge in [-0.2, -0.15) is 23.4 Å². The van der Waals surface area contributed by atoms with Crippen molar-refractivity contribution in [2.75, 3.05) is 31.6 Å². The summed E-state index contributed by atoms with van der Waals surface area (Å²) in [7, 11) is 1.70. The highest BCUT2D eigenvalue weighted by Gasteiger charge is 2.38. The summed E-state index contributed by atoms with van der Waals surface area (Å²) >= 11 is 12.3. The Morgan fingerprint density at radius 3 is 2.46 bits per heavy atom. The van der Waals surface area contributed by atoms with E-state index in [1.807, 2.05) is 6.07 Å². The number of amides is 1. The van der Waals surface area contributed by atoms with Gasteiger partial charge in [0, 0.05) is 50.9 Å². The van der Waals surface area contributed by atoms with Crippen molar-refractivity contribution in [3.8, 4) is 0 Å². The van der Waals surface area contributed by atoms with Crippen LogP contribution in [0.2, 0.25) is 10.0 Å². The molecule has 1 fully saturated rings. The lowest BCUT2D eigenvalue weighted by molar-refractivity contribution is -0.138. The summed E-state index contributed by atoms with van der Waals surface area (Å²) in [4.78, 5) is 24.4. The molecule has 12 heteroatoms. The van der Waals surface area contributed by atoms with Gasteiger partial charge >= 0.3 is 6.18 Å². The van der Waals surface area contributed by atoms with E-state index in [-0.39, 0.29) is 23.7 Å². The van der Waals surface area contributed by atoms with Gasteiger partial charge in [0.15, 0.2) is 0 Å². The Balaban J connectivity index is 1.58. The van der Waals surface area contributed by atoms with Gasteiger partial charge in [-0.05, 0) is 30.7 Å². The Morgan fingerprint density at radius 2 is 1.83 bits per heavy atom. The van der Waals surface area contributed by atoms with Crippen molar-refractivity contribution < 1.29 is 18.0 Å². The molecule has 1 aromatic carbocycles. The van der Waals surface area contributed by atoms with Gasteiger partial charge in [-0.1, -0.05) is 29.3 Å². The first kappa shape index (κ1) is 25.1. The number of benzene rings is 1. The molecule has 0 unspecified atom stereocenters. The number of rotatable bonds is 5. The number of nitrogens with zero attached hydrogens (tertiary/aromatic N) is 6. The molecule has 0 radical (unpaired) electrons. The number of hydrogen-bond donors (Lipinski definition) is 0. The van der Waals surface area contributed by atoms with E-state index in [2.05, 4.69) is 20.2 Å². The van der Waals surface area contributed by atoms with E-state index in [1.165, 1.54) is 6.20 Å². The Bertz CT molecular complexity index is 1220. The number of likely N-dealkylation sites (tertiary alicyclic amines) is 1. The third-order valence-electron chi connectivity index (χ3n) is 5.94. The minimum atomic E-state index is -4.51. The molecule has 0 N–H and O–H groups in total. The Labute approximate surface area is 209 Å². The van der Waals surface area contributed by atoms with Crippen molar-refractivity contribution >= 4 is 35.1 Å². The molecule has 3 heterocycles. The standard InChI is InChI=1S/C23H21Cl2F3N6O/c1-13-5-15(7-31-32-13)21(35)34-11-16(18(12-34)14-3-4-19(24)20(25)6-14)10-33(2)22-29-8-17(9-30-22)23(26,27)28/h3-9,16,18H,10-12H2,1-2H3/t16-,18+/m0/s1. The molecule has 0 aliphatic carbocycles. The van der Waals surface area contributed by atoms with Gasteiger partial charge in [-0.25, -0.2) is 9.97 Å². The molecule has 0 saturated carbocycles. The molecule has 1 aliphatic heterocycles. The third-order valence-corrected chi connectivity index (χ3v) is 6.68. The van der Waals surface area contributed by atoms with Crippen LogP contribution in [0.15, 0.2) is 42.9 Å². The summed E-state index contributed by atoms with van der Waals surface area (Å²) in [5, 5.41) is 8.60. The maximum atomic E-state index is 13.2. The fraction of sp³-hybridized carbons (Fsp3) is 0.348. The van der Waals surface area contributed by atoms with Crippen molar-refractivity contribution in [1.29, 1.82) is 0 Å². The predicted octanol–water partition coefficient (Wildman–Crippen LogP) is 4.89. The summed E-state index contributed by atoms with van der Waals surface area (Å²) < 4.78 is 38.6. The molecule has 1 saturated heterocycles. The van der Waals surface area contributed by atoms with Crippen LogP contribution in [-0.4, -0.2) is 57.7 Å². The molecule has 0 spiro atoms. The van der Waals surface area contributed by atoms with E-state index >= 15 is 0 Å². The van der Waals surface area contributed by atoms with Crippen LogP contribution in [0.4, 0.5) is 19.1 Å². The maximum absolute atomic E-state index is 13.2. The van der Waals surface area contributed by atoms with E-state index in [0.717, 1.165) is 18.0 Å². The van der Waals surface area contributed by atoms with E-state index in [9.17, 15) is 18.0 Å². The summed E-state index contributed by atoms with van der Waals surface area (Å²) in [6.45, 7) is 2.99. The van der Waals surface area contributed by atoms with Crippen LogP contribution in [0.3, 0.4) is 0 Å². The molecular formula is C23H21Cl2F3N6O. The second-order valence-electron chi connectivity index (χ2n) is 8.49. The average molecular weight is 525 g/mol. The van der Waals surface area contributed by atoms with Crippen molar-refractivity contribution in [1.82, 2.24) is 25.1 Å². The summed E-state index contributed by atoms with van der Waals surface area (Å²) in [5.41, 5.74) is 1.06. The summed E-state index contributed by atoms with van der Waals surface area (Å²) in [6, 6.07) is 7.04. The molecular weight excluding hydrogens is 504 g/mol. The van der Waals surface area contributed by atoms with Crippen molar-refractivity contribution in [3.05, 3.63) is 75.3 Å². The maximum Gasteiger partial charge on any atom is 0.419 e. The van der Waals surface area contributed by atoms with E-state index in [4.69, 9.17) is 23.2 Å². The van der Waals surface area contributed by atoms with Crippen LogP contribution in [0, 0.1) is 12.8 Å². The lowest BCUT2D eigenvalue weighted by Crippen LogP contribution is -2.32. The van der Waals surface area contributed by atoms with Gasteiger partial charge in [0.1, 0.15) is 0 Å². The van der Waals surface area contributed by atoms with Gasteiger partial charge < -0.3 is 9.80 Å². The van der Waals surface area contributed by atoms with Gasteiger partial charge in [0.2, 0.25) is 5.95 Å². The number of carbonyl (C=O) groups is 1. The summed E-state index contributed by atoms with van der Waals surface area (Å²) in [6.07, 6.45) is -1.56. The van der Waals surface area contributed by atoms with Crippen molar-refractivity contribution in [3.63, 3.8) is 0 Å². The first-order valence-corrected chi connectivity index (χ1v) is 11.4. The fourth-order valence-electron chi connectivity index (χ4n) is 4.21. The zero-order valence-corrected chi connectivity index (χ0v) is 20.3. The first-order valence-electron chi connectivity index (χ1n) is 10.7. The number of aromatic nitrogens is 4. The fourth-order valence-corrected chi connectivity index (χ4v) is 4.52. The molecule has 1 amide bonds. The number of carbonyl (C=O) groups excluding carboxylic acids is 1. The largest absolute Gasteiger partial charge is 0.419 e. The highest BCUT2D eigenvalue weighted by Crippen LogP contribution is 2.37. The minimum absolute atomic E-state index is 0.0806. The second-order valence-corrected chi connectivity index (χ2v) is 9.30. The zero-order valence-electron chi connectivity index (χ0n) is 18.8. The SMILES string of the molecule is Cc1cc(C(=O)N2C[C@H](CN(C)c3ncc(C(F)(F)F)cn3)[C@@H](c3ccc(Cl)c(Cl)c3)C2)cnn1. The van der Waals surface area contributed by atoms with Crippen LogP contribution in [0.1, 0.15) is 33.1 Å². The van der Waals surface area contributed by atoms with Crippen LogP contribution in [-0.2, 0) is 6.18 Å². The lowest BCUT2D eigenvalue weighted by Gasteiger charge is -2.25. The van der Waals surface area contributed by atoms with Crippen molar-refractivity contribution in [2.45, 2.75) is 19.0 Å².